The SMILES string of the molecule is CCCCCCCNC(=O)CN1CCc2ccccc21. The van der Waals surface area contributed by atoms with Gasteiger partial charge in [0.05, 0.1) is 6.54 Å². The van der Waals surface area contributed by atoms with E-state index < -0.39 is 0 Å². The molecule has 0 saturated carbocycles. The fourth-order valence-electron chi connectivity index (χ4n) is 2.76. The van der Waals surface area contributed by atoms with E-state index in [1.807, 2.05) is 6.07 Å². The number of carbonyl (C=O) groups excluding carboxylic acids is 1. The normalized spacial score (nSPS) is 13.3. The Morgan fingerprint density at radius 2 is 2.00 bits per heavy atom. The van der Waals surface area contributed by atoms with Crippen molar-refractivity contribution in [1.82, 2.24) is 5.32 Å². The number of hydrogen-bond acceptors (Lipinski definition) is 2. The number of hydrogen-bond donors (Lipinski definition) is 1. The molecule has 1 aliphatic heterocycles. The first-order valence-electron chi connectivity index (χ1n) is 7.91. The Kier molecular flexibility index (Phi) is 5.90. The van der Waals surface area contributed by atoms with Gasteiger partial charge < -0.3 is 10.2 Å². The number of unbranched alkanes of at least 4 members (excludes halogenated alkanes) is 4. The van der Waals surface area contributed by atoms with Crippen molar-refractivity contribution in [2.45, 2.75) is 45.4 Å². The van der Waals surface area contributed by atoms with Crippen LogP contribution < -0.4 is 10.2 Å². The zero-order valence-electron chi connectivity index (χ0n) is 12.5. The van der Waals surface area contributed by atoms with Crippen molar-refractivity contribution in [2.75, 3.05) is 24.5 Å². The van der Waals surface area contributed by atoms with Crippen LogP contribution in [-0.2, 0) is 11.2 Å². The van der Waals surface area contributed by atoms with Crippen LogP contribution in [0.15, 0.2) is 24.3 Å². The van der Waals surface area contributed by atoms with E-state index in [4.69, 9.17) is 0 Å². The van der Waals surface area contributed by atoms with E-state index in [2.05, 4.69) is 35.3 Å². The summed E-state index contributed by atoms with van der Waals surface area (Å²) in [4.78, 5) is 14.1. The van der Waals surface area contributed by atoms with Crippen molar-refractivity contribution in [3.05, 3.63) is 29.8 Å². The minimum Gasteiger partial charge on any atom is -0.362 e. The first-order chi connectivity index (χ1) is 9.81. The molecule has 0 spiro atoms. The van der Waals surface area contributed by atoms with E-state index in [-0.39, 0.29) is 5.91 Å². The molecule has 1 aromatic carbocycles. The predicted octanol–water partition coefficient (Wildman–Crippen LogP) is 3.14. The molecule has 110 valence electrons. The highest BCUT2D eigenvalue weighted by Crippen LogP contribution is 2.26. The maximum Gasteiger partial charge on any atom is 0.239 e. The molecule has 0 fully saturated rings. The van der Waals surface area contributed by atoms with Crippen LogP contribution in [0.4, 0.5) is 5.69 Å². The molecule has 2 rings (SSSR count). The smallest absolute Gasteiger partial charge is 0.239 e. The largest absolute Gasteiger partial charge is 0.362 e. The Balaban J connectivity index is 1.66. The lowest BCUT2D eigenvalue weighted by Gasteiger charge is -2.18. The Labute approximate surface area is 122 Å². The molecule has 1 N–H and O–H groups in total. The number of carbonyl (C=O) groups is 1. The fraction of sp³-hybridized carbons (Fsp3) is 0.588. The number of para-hydroxylation sites is 1. The van der Waals surface area contributed by atoms with Gasteiger partial charge in [-0.3, -0.25) is 4.79 Å². The molecule has 3 nitrogen and oxygen atoms in total. The van der Waals surface area contributed by atoms with Gasteiger partial charge in [-0.15, -0.1) is 0 Å². The number of anilines is 1. The van der Waals surface area contributed by atoms with Crippen molar-refractivity contribution in [2.24, 2.45) is 0 Å². The lowest BCUT2D eigenvalue weighted by molar-refractivity contribution is -0.119. The molecule has 20 heavy (non-hydrogen) atoms. The van der Waals surface area contributed by atoms with E-state index in [1.54, 1.807) is 0 Å². The molecule has 0 atom stereocenters. The molecule has 3 heteroatoms. The number of amides is 1. The topological polar surface area (TPSA) is 32.3 Å². The monoisotopic (exact) mass is 274 g/mol. The van der Waals surface area contributed by atoms with Crippen molar-refractivity contribution in [1.29, 1.82) is 0 Å². The van der Waals surface area contributed by atoms with E-state index in [1.165, 1.54) is 36.9 Å². The van der Waals surface area contributed by atoms with Crippen LogP contribution in [-0.4, -0.2) is 25.5 Å². The summed E-state index contributed by atoms with van der Waals surface area (Å²) in [5.74, 6) is 0.150. The van der Waals surface area contributed by atoms with Gasteiger partial charge in [-0.2, -0.15) is 0 Å². The van der Waals surface area contributed by atoms with Crippen LogP contribution in [0, 0.1) is 0 Å². The average molecular weight is 274 g/mol. The highest BCUT2D eigenvalue weighted by atomic mass is 16.2. The molecule has 0 aliphatic carbocycles. The van der Waals surface area contributed by atoms with Crippen LogP contribution in [0.1, 0.15) is 44.6 Å². The third kappa shape index (κ3) is 4.26. The van der Waals surface area contributed by atoms with Gasteiger partial charge in [0, 0.05) is 18.8 Å². The van der Waals surface area contributed by atoms with Gasteiger partial charge in [0.2, 0.25) is 5.91 Å². The van der Waals surface area contributed by atoms with Crippen molar-refractivity contribution in [3.63, 3.8) is 0 Å². The van der Waals surface area contributed by atoms with Gasteiger partial charge in [-0.1, -0.05) is 50.8 Å². The van der Waals surface area contributed by atoms with Crippen LogP contribution in [0.25, 0.3) is 0 Å². The summed E-state index contributed by atoms with van der Waals surface area (Å²) in [7, 11) is 0. The Morgan fingerprint density at radius 1 is 1.20 bits per heavy atom. The lowest BCUT2D eigenvalue weighted by Crippen LogP contribution is -2.36. The third-order valence-electron chi connectivity index (χ3n) is 3.92. The first kappa shape index (κ1) is 14.9. The highest BCUT2D eigenvalue weighted by Gasteiger charge is 2.19. The summed E-state index contributed by atoms with van der Waals surface area (Å²) in [6.07, 6.45) is 7.23. The molecular formula is C17H26N2O. The second-order valence-corrected chi connectivity index (χ2v) is 5.56. The molecule has 0 radical (unpaired) electrons. The summed E-state index contributed by atoms with van der Waals surface area (Å²) in [5.41, 5.74) is 2.59. The highest BCUT2D eigenvalue weighted by molar-refractivity contribution is 5.82. The molecule has 0 saturated heterocycles. The molecule has 1 amide bonds. The molecule has 1 heterocycles. The number of nitrogens with one attached hydrogen (secondary N) is 1. The number of benzene rings is 1. The molecule has 0 bridgehead atoms. The van der Waals surface area contributed by atoms with Crippen LogP contribution in [0.3, 0.4) is 0 Å². The summed E-state index contributed by atoms with van der Waals surface area (Å²) >= 11 is 0. The van der Waals surface area contributed by atoms with Crippen LogP contribution in [0.5, 0.6) is 0 Å². The van der Waals surface area contributed by atoms with E-state index in [9.17, 15) is 4.79 Å². The Morgan fingerprint density at radius 3 is 2.85 bits per heavy atom. The molecule has 0 unspecified atom stereocenters. The number of rotatable bonds is 8. The van der Waals surface area contributed by atoms with Crippen molar-refractivity contribution < 1.29 is 4.79 Å². The minimum atomic E-state index is 0.150. The third-order valence-corrected chi connectivity index (χ3v) is 3.92. The summed E-state index contributed by atoms with van der Waals surface area (Å²) < 4.78 is 0. The van der Waals surface area contributed by atoms with Gasteiger partial charge in [0.25, 0.3) is 0 Å². The molecule has 1 aromatic rings. The van der Waals surface area contributed by atoms with Gasteiger partial charge in [0.1, 0.15) is 0 Å². The number of fused-ring (bicyclic) bond motifs is 1. The zero-order valence-corrected chi connectivity index (χ0v) is 12.5. The Bertz CT molecular complexity index is 431. The summed E-state index contributed by atoms with van der Waals surface area (Å²) in [6, 6.07) is 8.38. The standard InChI is InChI=1S/C17H26N2O/c1-2-3-4-5-8-12-18-17(20)14-19-13-11-15-9-6-7-10-16(15)19/h6-7,9-10H,2-5,8,11-14H2,1H3,(H,18,20). The van der Waals surface area contributed by atoms with Crippen LogP contribution >= 0.6 is 0 Å². The maximum absolute atomic E-state index is 11.9. The zero-order chi connectivity index (χ0) is 14.2. The second kappa shape index (κ2) is 7.93. The van der Waals surface area contributed by atoms with Gasteiger partial charge in [-0.25, -0.2) is 0 Å². The Hall–Kier alpha value is -1.51. The quantitative estimate of drug-likeness (QED) is 0.739. The average Bonchev–Trinajstić information content (AvgIpc) is 2.86. The fourth-order valence-corrected chi connectivity index (χ4v) is 2.76. The number of nitrogens with zero attached hydrogens (tertiary/aromatic N) is 1. The van der Waals surface area contributed by atoms with Crippen molar-refractivity contribution in [3.8, 4) is 0 Å². The van der Waals surface area contributed by atoms with Gasteiger partial charge in [0.15, 0.2) is 0 Å². The second-order valence-electron chi connectivity index (χ2n) is 5.56. The lowest BCUT2D eigenvalue weighted by atomic mass is 10.1. The first-order valence-corrected chi connectivity index (χ1v) is 7.91. The van der Waals surface area contributed by atoms with Crippen molar-refractivity contribution >= 4 is 11.6 Å². The summed E-state index contributed by atoms with van der Waals surface area (Å²) in [5, 5.41) is 3.04. The minimum absolute atomic E-state index is 0.150. The van der Waals surface area contributed by atoms with Crippen LogP contribution in [0.2, 0.25) is 0 Å². The van der Waals surface area contributed by atoms with Gasteiger partial charge >= 0.3 is 0 Å². The van der Waals surface area contributed by atoms with Gasteiger partial charge in [-0.05, 0) is 24.5 Å². The molecule has 1 aliphatic rings. The molecule has 0 aromatic heterocycles. The maximum atomic E-state index is 11.9. The van der Waals surface area contributed by atoms with E-state index >= 15 is 0 Å². The predicted molar refractivity (Wildman–Crippen MR) is 84.1 cm³/mol. The summed E-state index contributed by atoms with van der Waals surface area (Å²) in [6.45, 7) is 4.49. The molecular weight excluding hydrogens is 248 g/mol. The van der Waals surface area contributed by atoms with E-state index in [0.717, 1.165) is 25.9 Å². The van der Waals surface area contributed by atoms with E-state index in [0.29, 0.717) is 6.54 Å².